The second-order valence-corrected chi connectivity index (χ2v) is 10.1. The number of aromatic nitrogens is 1. The van der Waals surface area contributed by atoms with Gasteiger partial charge < -0.3 is 10.1 Å². The number of nitrogens with zero attached hydrogens (tertiary/aromatic N) is 2. The summed E-state index contributed by atoms with van der Waals surface area (Å²) < 4.78 is 44.6. The lowest BCUT2D eigenvalue weighted by molar-refractivity contribution is 0.102. The van der Waals surface area contributed by atoms with Crippen molar-refractivity contribution in [3.8, 4) is 5.75 Å². The summed E-state index contributed by atoms with van der Waals surface area (Å²) in [6.45, 7) is 3.73. The van der Waals surface area contributed by atoms with Gasteiger partial charge in [0.05, 0.1) is 4.90 Å². The van der Waals surface area contributed by atoms with E-state index in [9.17, 15) is 17.6 Å². The molecule has 1 amide bonds. The molecule has 0 unspecified atom stereocenters. The van der Waals surface area contributed by atoms with Gasteiger partial charge in [0.1, 0.15) is 28.9 Å². The van der Waals surface area contributed by atoms with Crippen LogP contribution < -0.4 is 10.1 Å². The van der Waals surface area contributed by atoms with Crippen molar-refractivity contribution in [1.29, 1.82) is 0 Å². The lowest BCUT2D eigenvalue weighted by Crippen LogP contribution is -2.23. The van der Waals surface area contributed by atoms with Gasteiger partial charge in [-0.2, -0.15) is 0 Å². The number of benzene rings is 2. The average Bonchev–Trinajstić information content (AvgIpc) is 3.20. The fourth-order valence-electron chi connectivity index (χ4n) is 2.66. The first-order chi connectivity index (χ1) is 14.6. The Hall–Kier alpha value is -2.82. The van der Waals surface area contributed by atoms with Crippen LogP contribution in [0, 0.1) is 19.7 Å². The highest BCUT2D eigenvalue weighted by Gasteiger charge is 2.21. The number of hydrogen-bond acceptors (Lipinski definition) is 6. The lowest BCUT2D eigenvalue weighted by atomic mass is 10.1. The lowest BCUT2D eigenvalue weighted by Gasteiger charge is -2.16. The van der Waals surface area contributed by atoms with Gasteiger partial charge in [0, 0.05) is 25.2 Å². The van der Waals surface area contributed by atoms with Gasteiger partial charge in [-0.15, -0.1) is 11.3 Å². The molecule has 0 saturated carbocycles. The highest BCUT2D eigenvalue weighted by Crippen LogP contribution is 2.26. The third-order valence-corrected chi connectivity index (χ3v) is 7.24. The largest absolute Gasteiger partial charge is 0.486 e. The van der Waals surface area contributed by atoms with Gasteiger partial charge in [0.15, 0.2) is 0 Å². The van der Waals surface area contributed by atoms with Crippen molar-refractivity contribution in [3.63, 3.8) is 0 Å². The van der Waals surface area contributed by atoms with Gasteiger partial charge in [-0.25, -0.2) is 22.1 Å². The highest BCUT2D eigenvalue weighted by atomic mass is 32.2. The molecule has 1 N–H and O–H groups in total. The van der Waals surface area contributed by atoms with E-state index < -0.39 is 15.9 Å². The van der Waals surface area contributed by atoms with Gasteiger partial charge in [-0.1, -0.05) is 0 Å². The van der Waals surface area contributed by atoms with E-state index in [1.54, 1.807) is 25.3 Å². The molecule has 0 saturated heterocycles. The first-order valence-electron chi connectivity index (χ1n) is 9.26. The standard InChI is InChI=1S/C21H22FN3O4S2/c1-13-9-17(31(27,28)25(3)4)10-18(14(13)2)24-21(26)19-12-30-20(23-19)11-29-16-7-5-15(22)6-8-16/h5-10,12H,11H2,1-4H3,(H,24,26). The number of carbonyl (C=O) groups excluding carboxylic acids is 1. The van der Waals surface area contributed by atoms with Gasteiger partial charge in [-0.3, -0.25) is 4.79 Å². The van der Waals surface area contributed by atoms with Crippen molar-refractivity contribution < 1.29 is 22.3 Å². The molecule has 10 heteroatoms. The van der Waals surface area contributed by atoms with Crippen LogP contribution >= 0.6 is 11.3 Å². The molecule has 3 aromatic rings. The molecular formula is C21H22FN3O4S2. The molecule has 0 spiro atoms. The molecule has 0 radical (unpaired) electrons. The summed E-state index contributed by atoms with van der Waals surface area (Å²) in [5.41, 5.74) is 2.11. The Morgan fingerprint density at radius 2 is 1.87 bits per heavy atom. The summed E-state index contributed by atoms with van der Waals surface area (Å²) in [6, 6.07) is 8.64. The fraction of sp³-hybridized carbons (Fsp3) is 0.238. The van der Waals surface area contributed by atoms with E-state index in [0.717, 1.165) is 15.4 Å². The van der Waals surface area contributed by atoms with Gasteiger partial charge in [0.25, 0.3) is 5.91 Å². The number of halogens is 1. The Kier molecular flexibility index (Phi) is 6.73. The Bertz CT molecular complexity index is 1210. The smallest absolute Gasteiger partial charge is 0.275 e. The predicted molar refractivity (Wildman–Crippen MR) is 118 cm³/mol. The minimum absolute atomic E-state index is 0.0996. The van der Waals surface area contributed by atoms with E-state index in [0.29, 0.717) is 16.4 Å². The third kappa shape index (κ3) is 5.27. The van der Waals surface area contributed by atoms with Crippen LogP contribution in [-0.2, 0) is 16.6 Å². The molecule has 0 aliphatic heterocycles. The van der Waals surface area contributed by atoms with E-state index in [1.165, 1.54) is 55.8 Å². The summed E-state index contributed by atoms with van der Waals surface area (Å²) in [6.07, 6.45) is 0. The van der Waals surface area contributed by atoms with E-state index in [4.69, 9.17) is 4.74 Å². The van der Waals surface area contributed by atoms with Crippen LogP contribution in [0.25, 0.3) is 0 Å². The molecule has 0 atom stereocenters. The second-order valence-electron chi connectivity index (χ2n) is 7.02. The van der Waals surface area contributed by atoms with Crippen molar-refractivity contribution in [2.24, 2.45) is 0 Å². The zero-order valence-corrected chi connectivity index (χ0v) is 19.1. The van der Waals surface area contributed by atoms with E-state index in [1.807, 2.05) is 0 Å². The maximum Gasteiger partial charge on any atom is 0.275 e. The quantitative estimate of drug-likeness (QED) is 0.573. The van der Waals surface area contributed by atoms with Crippen LogP contribution in [0.1, 0.15) is 26.6 Å². The molecular weight excluding hydrogens is 441 g/mol. The summed E-state index contributed by atoms with van der Waals surface area (Å²) in [7, 11) is -0.739. The highest BCUT2D eigenvalue weighted by molar-refractivity contribution is 7.89. The monoisotopic (exact) mass is 463 g/mol. The molecule has 0 aliphatic rings. The Balaban J connectivity index is 1.74. The van der Waals surface area contributed by atoms with Crippen molar-refractivity contribution >= 4 is 33.0 Å². The number of sulfonamides is 1. The molecule has 1 aromatic heterocycles. The molecule has 0 aliphatic carbocycles. The van der Waals surface area contributed by atoms with Crippen LogP contribution in [0.5, 0.6) is 5.75 Å². The third-order valence-electron chi connectivity index (χ3n) is 4.63. The number of thiazole rings is 1. The number of aryl methyl sites for hydroxylation is 1. The maximum absolute atomic E-state index is 13.0. The van der Waals surface area contributed by atoms with Crippen molar-refractivity contribution in [1.82, 2.24) is 9.29 Å². The van der Waals surface area contributed by atoms with Gasteiger partial charge >= 0.3 is 0 Å². The first-order valence-corrected chi connectivity index (χ1v) is 11.6. The zero-order valence-electron chi connectivity index (χ0n) is 17.5. The van der Waals surface area contributed by atoms with Crippen LogP contribution in [-0.4, -0.2) is 37.7 Å². The Labute approximate surface area is 184 Å². The molecule has 164 valence electrons. The zero-order chi connectivity index (χ0) is 22.8. The normalized spacial score (nSPS) is 11.5. The Morgan fingerprint density at radius 1 is 1.19 bits per heavy atom. The number of ether oxygens (including phenoxy) is 1. The molecule has 7 nitrogen and oxygen atoms in total. The summed E-state index contributed by atoms with van der Waals surface area (Å²) in [5.74, 6) is -0.313. The molecule has 2 aromatic carbocycles. The topological polar surface area (TPSA) is 88.6 Å². The van der Waals surface area contributed by atoms with E-state index >= 15 is 0 Å². The average molecular weight is 464 g/mol. The minimum atomic E-state index is -3.64. The van der Waals surface area contributed by atoms with Gasteiger partial charge in [-0.05, 0) is 61.4 Å². The summed E-state index contributed by atoms with van der Waals surface area (Å²) in [5, 5.41) is 4.93. The molecule has 31 heavy (non-hydrogen) atoms. The summed E-state index contributed by atoms with van der Waals surface area (Å²) in [4.78, 5) is 17.1. The van der Waals surface area contributed by atoms with Crippen molar-refractivity contribution in [3.05, 3.63) is 69.4 Å². The minimum Gasteiger partial charge on any atom is -0.486 e. The second kappa shape index (κ2) is 9.13. The van der Waals surface area contributed by atoms with Crippen LogP contribution in [0.3, 0.4) is 0 Å². The van der Waals surface area contributed by atoms with Crippen LogP contribution in [0.15, 0.2) is 46.7 Å². The SMILES string of the molecule is Cc1cc(S(=O)(=O)N(C)C)cc(NC(=O)c2csc(COc3ccc(F)cc3)n2)c1C. The number of hydrogen-bond donors (Lipinski definition) is 1. The number of anilines is 1. The van der Waals surface area contributed by atoms with E-state index in [2.05, 4.69) is 10.3 Å². The predicted octanol–water partition coefficient (Wildman–Crippen LogP) is 3.98. The number of amides is 1. The number of nitrogens with one attached hydrogen (secondary N) is 1. The molecule has 0 fully saturated rings. The molecule has 1 heterocycles. The van der Waals surface area contributed by atoms with Crippen LogP contribution in [0.4, 0.5) is 10.1 Å². The first kappa shape index (κ1) is 22.9. The van der Waals surface area contributed by atoms with Crippen LogP contribution in [0.2, 0.25) is 0 Å². The Morgan fingerprint density at radius 3 is 2.52 bits per heavy atom. The fourth-order valence-corrected chi connectivity index (χ4v) is 4.36. The molecule has 0 bridgehead atoms. The van der Waals surface area contributed by atoms with E-state index in [-0.39, 0.29) is 23.0 Å². The number of rotatable bonds is 7. The van der Waals surface area contributed by atoms with Crippen molar-refractivity contribution in [2.75, 3.05) is 19.4 Å². The number of carbonyl (C=O) groups is 1. The van der Waals surface area contributed by atoms with Gasteiger partial charge in [0.2, 0.25) is 10.0 Å². The van der Waals surface area contributed by atoms with Crippen molar-refractivity contribution in [2.45, 2.75) is 25.3 Å². The maximum atomic E-state index is 13.0. The molecule has 3 rings (SSSR count). The summed E-state index contributed by atoms with van der Waals surface area (Å²) >= 11 is 1.26.